The third-order valence-corrected chi connectivity index (χ3v) is 2.72. The molecule has 0 heterocycles. The Bertz CT molecular complexity index is 372. The van der Waals surface area contributed by atoms with Crippen LogP contribution in [0.2, 0.25) is 5.02 Å². The number of alkyl halides is 3. The summed E-state index contributed by atoms with van der Waals surface area (Å²) in [4.78, 5) is 0. The van der Waals surface area contributed by atoms with Crippen LogP contribution in [-0.2, 0) is 5.41 Å². The van der Waals surface area contributed by atoms with Gasteiger partial charge in [-0.1, -0.05) is 29.8 Å². The molecule has 5 heteroatoms. The van der Waals surface area contributed by atoms with E-state index < -0.39 is 18.2 Å². The number of aliphatic hydroxyl groups is 1. The molecule has 0 amide bonds. The van der Waals surface area contributed by atoms with Crippen molar-refractivity contribution in [2.45, 2.75) is 11.6 Å². The van der Waals surface area contributed by atoms with Crippen LogP contribution < -0.4 is 0 Å². The summed E-state index contributed by atoms with van der Waals surface area (Å²) >= 11 is 5.59. The van der Waals surface area contributed by atoms with Gasteiger partial charge in [0.15, 0.2) is 0 Å². The first-order valence-corrected chi connectivity index (χ1v) is 4.82. The zero-order chi connectivity index (χ0) is 12.4. The Balaban J connectivity index is 3.32. The van der Waals surface area contributed by atoms with Crippen LogP contribution in [0.3, 0.4) is 0 Å². The molecule has 16 heavy (non-hydrogen) atoms. The molecule has 0 spiro atoms. The molecule has 0 saturated heterocycles. The molecule has 0 aromatic heterocycles. The number of rotatable bonds is 3. The predicted molar refractivity (Wildman–Crippen MR) is 56.5 cm³/mol. The van der Waals surface area contributed by atoms with Crippen LogP contribution in [0.4, 0.5) is 13.2 Å². The monoisotopic (exact) mass is 250 g/mol. The number of aliphatic hydroxyl groups excluding tert-OH is 1. The number of hydrogen-bond donors (Lipinski definition) is 1. The third kappa shape index (κ3) is 2.08. The van der Waals surface area contributed by atoms with Gasteiger partial charge in [0, 0.05) is 5.02 Å². The van der Waals surface area contributed by atoms with Crippen molar-refractivity contribution in [2.24, 2.45) is 0 Å². The summed E-state index contributed by atoms with van der Waals surface area (Å²) < 4.78 is 38.7. The fraction of sp³-hybridized carbons (Fsp3) is 0.273. The van der Waals surface area contributed by atoms with Gasteiger partial charge in [0.2, 0.25) is 0 Å². The van der Waals surface area contributed by atoms with Crippen molar-refractivity contribution in [3.05, 3.63) is 47.5 Å². The van der Waals surface area contributed by atoms with Crippen molar-refractivity contribution >= 4 is 11.6 Å². The predicted octanol–water partition coefficient (Wildman–Crippen LogP) is 3.32. The molecule has 0 saturated carbocycles. The van der Waals surface area contributed by atoms with Gasteiger partial charge in [-0.2, -0.15) is 13.2 Å². The van der Waals surface area contributed by atoms with E-state index >= 15 is 0 Å². The lowest BCUT2D eigenvalue weighted by Crippen LogP contribution is -2.43. The minimum Gasteiger partial charge on any atom is -0.395 e. The van der Waals surface area contributed by atoms with Crippen LogP contribution in [0.15, 0.2) is 36.9 Å². The molecular weight excluding hydrogens is 241 g/mol. The van der Waals surface area contributed by atoms with Crippen LogP contribution in [0.25, 0.3) is 0 Å². The summed E-state index contributed by atoms with van der Waals surface area (Å²) in [5.41, 5.74) is -2.51. The quantitative estimate of drug-likeness (QED) is 0.816. The molecule has 1 N–H and O–H groups in total. The first-order valence-electron chi connectivity index (χ1n) is 4.44. The number of halogens is 4. The van der Waals surface area contributed by atoms with E-state index in [0.29, 0.717) is 11.1 Å². The summed E-state index contributed by atoms with van der Waals surface area (Å²) in [7, 11) is 0. The van der Waals surface area contributed by atoms with Gasteiger partial charge < -0.3 is 5.11 Å². The molecule has 88 valence electrons. The Morgan fingerprint density at radius 3 is 2.06 bits per heavy atom. The molecule has 1 nitrogen and oxygen atoms in total. The Morgan fingerprint density at radius 2 is 1.75 bits per heavy atom. The molecule has 0 aliphatic heterocycles. The van der Waals surface area contributed by atoms with Gasteiger partial charge in [-0.15, -0.1) is 6.58 Å². The van der Waals surface area contributed by atoms with E-state index in [4.69, 9.17) is 16.7 Å². The molecule has 1 aromatic carbocycles. The zero-order valence-electron chi connectivity index (χ0n) is 8.26. The van der Waals surface area contributed by atoms with Gasteiger partial charge in [0.1, 0.15) is 5.41 Å². The van der Waals surface area contributed by atoms with Gasteiger partial charge in [-0.25, -0.2) is 0 Å². The van der Waals surface area contributed by atoms with Crippen LogP contribution in [0, 0.1) is 0 Å². The van der Waals surface area contributed by atoms with Gasteiger partial charge in [-0.3, -0.25) is 0 Å². The lowest BCUT2D eigenvalue weighted by atomic mass is 9.80. The SMILES string of the molecule is C=C[C@](CO)(c1ccc(Cl)cc1)C(F)(F)F. The maximum absolute atomic E-state index is 12.9. The molecule has 0 aliphatic rings. The molecule has 0 aliphatic carbocycles. The van der Waals surface area contributed by atoms with Gasteiger partial charge in [0.05, 0.1) is 6.61 Å². The fourth-order valence-corrected chi connectivity index (χ4v) is 1.52. The number of benzene rings is 1. The van der Waals surface area contributed by atoms with E-state index in [2.05, 4.69) is 6.58 Å². The average Bonchev–Trinajstić information content (AvgIpc) is 2.21. The van der Waals surface area contributed by atoms with Crippen molar-refractivity contribution in [1.29, 1.82) is 0 Å². The van der Waals surface area contributed by atoms with Crippen LogP contribution in [-0.4, -0.2) is 17.9 Å². The van der Waals surface area contributed by atoms with Gasteiger partial charge in [0.25, 0.3) is 0 Å². The average molecular weight is 251 g/mol. The molecule has 1 aromatic rings. The molecule has 0 bridgehead atoms. The Kier molecular flexibility index (Phi) is 3.65. The van der Waals surface area contributed by atoms with E-state index in [-0.39, 0.29) is 5.56 Å². The van der Waals surface area contributed by atoms with Crippen molar-refractivity contribution < 1.29 is 18.3 Å². The highest BCUT2D eigenvalue weighted by Gasteiger charge is 2.53. The second kappa shape index (κ2) is 4.47. The lowest BCUT2D eigenvalue weighted by Gasteiger charge is -2.31. The summed E-state index contributed by atoms with van der Waals surface area (Å²) in [6.07, 6.45) is -3.90. The largest absolute Gasteiger partial charge is 0.404 e. The minimum atomic E-state index is -4.60. The molecule has 0 radical (unpaired) electrons. The Hall–Kier alpha value is -1.00. The Morgan fingerprint density at radius 1 is 1.25 bits per heavy atom. The normalized spacial score (nSPS) is 15.6. The van der Waals surface area contributed by atoms with Crippen molar-refractivity contribution in [3.8, 4) is 0 Å². The molecular formula is C11H10ClF3O. The Labute approximate surface area is 96.2 Å². The fourth-order valence-electron chi connectivity index (χ4n) is 1.39. The van der Waals surface area contributed by atoms with E-state index in [1.165, 1.54) is 24.3 Å². The van der Waals surface area contributed by atoms with Crippen LogP contribution >= 0.6 is 11.6 Å². The van der Waals surface area contributed by atoms with Gasteiger partial charge in [-0.05, 0) is 17.7 Å². The van der Waals surface area contributed by atoms with Gasteiger partial charge >= 0.3 is 6.18 Å². The zero-order valence-corrected chi connectivity index (χ0v) is 9.02. The summed E-state index contributed by atoms with van der Waals surface area (Å²) in [5, 5.41) is 9.35. The summed E-state index contributed by atoms with van der Waals surface area (Å²) in [6.45, 7) is 2.07. The maximum Gasteiger partial charge on any atom is 0.404 e. The van der Waals surface area contributed by atoms with Crippen molar-refractivity contribution in [1.82, 2.24) is 0 Å². The molecule has 1 rings (SSSR count). The number of hydrogen-bond acceptors (Lipinski definition) is 1. The van der Waals surface area contributed by atoms with E-state index in [1.54, 1.807) is 0 Å². The summed E-state index contributed by atoms with van der Waals surface area (Å²) in [5.74, 6) is 0. The van der Waals surface area contributed by atoms with E-state index in [9.17, 15) is 13.2 Å². The summed E-state index contributed by atoms with van der Waals surface area (Å²) in [6, 6.07) is 5.15. The van der Waals surface area contributed by atoms with E-state index in [1.807, 2.05) is 0 Å². The maximum atomic E-state index is 12.9. The van der Waals surface area contributed by atoms with Crippen LogP contribution in [0.1, 0.15) is 5.56 Å². The smallest absolute Gasteiger partial charge is 0.395 e. The second-order valence-electron chi connectivity index (χ2n) is 3.34. The first kappa shape index (κ1) is 13.1. The van der Waals surface area contributed by atoms with Crippen LogP contribution in [0.5, 0.6) is 0 Å². The first-order chi connectivity index (χ1) is 7.37. The van der Waals surface area contributed by atoms with Crippen molar-refractivity contribution in [2.75, 3.05) is 6.61 Å². The minimum absolute atomic E-state index is 0.0816. The molecule has 0 unspecified atom stereocenters. The topological polar surface area (TPSA) is 20.2 Å². The van der Waals surface area contributed by atoms with E-state index in [0.717, 1.165) is 0 Å². The molecule has 0 fully saturated rings. The highest BCUT2D eigenvalue weighted by molar-refractivity contribution is 6.30. The molecule has 1 atom stereocenters. The third-order valence-electron chi connectivity index (χ3n) is 2.46. The highest BCUT2D eigenvalue weighted by Crippen LogP contribution is 2.42. The highest BCUT2D eigenvalue weighted by atomic mass is 35.5. The lowest BCUT2D eigenvalue weighted by molar-refractivity contribution is -0.185. The standard InChI is InChI=1S/C11H10ClF3O/c1-2-10(7-16,11(13,14)15)8-3-5-9(12)6-4-8/h2-6,16H,1,7H2/t10-/m0/s1. The van der Waals surface area contributed by atoms with Crippen molar-refractivity contribution in [3.63, 3.8) is 0 Å². The second-order valence-corrected chi connectivity index (χ2v) is 3.77.